The standard InChI is InChI=1S/C15H24N4O/c1-10(2)20-15-12(16)3-4-14(18-15)17-13-9-19-7-5-11(13)6-8-19/h3-4,10-11,13H,5-9,16H2,1-2H3,(H,17,18). The highest BCUT2D eigenvalue weighted by Gasteiger charge is 2.34. The predicted octanol–water partition coefficient (Wildman–Crippen LogP) is 1.96. The average molecular weight is 276 g/mol. The highest BCUT2D eigenvalue weighted by Crippen LogP contribution is 2.30. The molecule has 1 aromatic rings. The second-order valence-corrected chi connectivity index (χ2v) is 6.15. The molecule has 5 nitrogen and oxygen atoms in total. The van der Waals surface area contributed by atoms with Crippen LogP contribution in [-0.4, -0.2) is 41.7 Å². The van der Waals surface area contributed by atoms with E-state index in [1.807, 2.05) is 26.0 Å². The van der Waals surface area contributed by atoms with Gasteiger partial charge in [-0.25, -0.2) is 0 Å². The van der Waals surface area contributed by atoms with Gasteiger partial charge < -0.3 is 20.7 Å². The number of nitrogens with zero attached hydrogens (tertiary/aromatic N) is 2. The average Bonchev–Trinajstić information content (AvgIpc) is 2.43. The molecule has 0 amide bonds. The number of anilines is 2. The Bertz CT molecular complexity index is 469. The van der Waals surface area contributed by atoms with Crippen molar-refractivity contribution >= 4 is 11.5 Å². The van der Waals surface area contributed by atoms with E-state index in [1.165, 1.54) is 25.9 Å². The summed E-state index contributed by atoms with van der Waals surface area (Å²) in [7, 11) is 0. The lowest BCUT2D eigenvalue weighted by atomic mass is 9.84. The summed E-state index contributed by atoms with van der Waals surface area (Å²) in [5.41, 5.74) is 6.50. The molecular formula is C15H24N4O. The minimum absolute atomic E-state index is 0.0804. The molecule has 5 heteroatoms. The third kappa shape index (κ3) is 2.82. The summed E-state index contributed by atoms with van der Waals surface area (Å²) in [4.78, 5) is 7.04. The van der Waals surface area contributed by atoms with Gasteiger partial charge >= 0.3 is 0 Å². The Kier molecular flexibility index (Phi) is 3.70. The van der Waals surface area contributed by atoms with Crippen LogP contribution in [0.1, 0.15) is 26.7 Å². The summed E-state index contributed by atoms with van der Waals surface area (Å²) in [6.07, 6.45) is 2.67. The zero-order valence-electron chi connectivity index (χ0n) is 12.3. The largest absolute Gasteiger partial charge is 0.473 e. The molecule has 0 aliphatic carbocycles. The van der Waals surface area contributed by atoms with Gasteiger partial charge in [0.15, 0.2) is 0 Å². The van der Waals surface area contributed by atoms with Gasteiger partial charge in [-0.1, -0.05) is 0 Å². The quantitative estimate of drug-likeness (QED) is 0.880. The lowest BCUT2D eigenvalue weighted by molar-refractivity contribution is 0.0973. The first-order valence-electron chi connectivity index (χ1n) is 7.54. The summed E-state index contributed by atoms with van der Waals surface area (Å²) in [5, 5.41) is 3.56. The summed E-state index contributed by atoms with van der Waals surface area (Å²) < 4.78 is 5.65. The number of piperidine rings is 3. The van der Waals surface area contributed by atoms with E-state index in [0.29, 0.717) is 17.6 Å². The molecule has 0 aromatic carbocycles. The molecule has 0 radical (unpaired) electrons. The highest BCUT2D eigenvalue weighted by molar-refractivity contribution is 5.54. The van der Waals surface area contributed by atoms with Crippen molar-refractivity contribution < 1.29 is 4.74 Å². The van der Waals surface area contributed by atoms with E-state index in [9.17, 15) is 0 Å². The summed E-state index contributed by atoms with van der Waals surface area (Å²) >= 11 is 0. The van der Waals surface area contributed by atoms with Crippen LogP contribution >= 0.6 is 0 Å². The molecule has 0 saturated carbocycles. The fraction of sp³-hybridized carbons (Fsp3) is 0.667. The molecule has 20 heavy (non-hydrogen) atoms. The number of hydrogen-bond donors (Lipinski definition) is 2. The lowest BCUT2D eigenvalue weighted by Gasteiger charge is -2.45. The Balaban J connectivity index is 1.71. The first kappa shape index (κ1) is 13.5. The maximum Gasteiger partial charge on any atom is 0.239 e. The lowest BCUT2D eigenvalue weighted by Crippen LogP contribution is -2.53. The van der Waals surface area contributed by atoms with Gasteiger partial charge in [0, 0.05) is 12.6 Å². The van der Waals surface area contributed by atoms with Gasteiger partial charge in [0.25, 0.3) is 0 Å². The smallest absolute Gasteiger partial charge is 0.239 e. The molecule has 4 rings (SSSR count). The van der Waals surface area contributed by atoms with Crippen molar-refractivity contribution in [2.24, 2.45) is 5.92 Å². The molecule has 3 aliphatic heterocycles. The SMILES string of the molecule is CC(C)Oc1nc(NC2CN3CCC2CC3)ccc1N. The second-order valence-electron chi connectivity index (χ2n) is 6.15. The molecule has 0 spiro atoms. The van der Waals surface area contributed by atoms with Gasteiger partial charge in [-0.15, -0.1) is 0 Å². The minimum atomic E-state index is 0.0804. The van der Waals surface area contributed by atoms with Gasteiger partial charge in [-0.2, -0.15) is 4.98 Å². The van der Waals surface area contributed by atoms with Crippen LogP contribution in [0.2, 0.25) is 0 Å². The number of nitrogens with one attached hydrogen (secondary N) is 1. The van der Waals surface area contributed by atoms with E-state index in [1.54, 1.807) is 0 Å². The Morgan fingerprint density at radius 2 is 2.10 bits per heavy atom. The van der Waals surface area contributed by atoms with Gasteiger partial charge in [-0.3, -0.25) is 0 Å². The van der Waals surface area contributed by atoms with E-state index < -0.39 is 0 Å². The van der Waals surface area contributed by atoms with Crippen LogP contribution in [0.3, 0.4) is 0 Å². The van der Waals surface area contributed by atoms with Crippen LogP contribution < -0.4 is 15.8 Å². The van der Waals surface area contributed by atoms with Crippen molar-refractivity contribution in [1.29, 1.82) is 0 Å². The number of aromatic nitrogens is 1. The number of fused-ring (bicyclic) bond motifs is 3. The molecular weight excluding hydrogens is 252 g/mol. The third-order valence-corrected chi connectivity index (χ3v) is 4.23. The molecule has 1 unspecified atom stereocenters. The van der Waals surface area contributed by atoms with Crippen LogP contribution in [0.15, 0.2) is 12.1 Å². The molecule has 1 atom stereocenters. The molecule has 3 N–H and O–H groups in total. The number of ether oxygens (including phenoxy) is 1. The normalized spacial score (nSPS) is 28.6. The third-order valence-electron chi connectivity index (χ3n) is 4.23. The molecule has 3 fully saturated rings. The van der Waals surface area contributed by atoms with Crippen molar-refractivity contribution in [2.45, 2.75) is 38.8 Å². The van der Waals surface area contributed by atoms with Crippen LogP contribution in [0.5, 0.6) is 5.88 Å². The van der Waals surface area contributed by atoms with Crippen LogP contribution in [0, 0.1) is 5.92 Å². The summed E-state index contributed by atoms with van der Waals surface area (Å²) in [6.45, 7) is 7.58. The Morgan fingerprint density at radius 3 is 2.70 bits per heavy atom. The van der Waals surface area contributed by atoms with E-state index in [-0.39, 0.29) is 6.10 Å². The minimum Gasteiger partial charge on any atom is -0.473 e. The van der Waals surface area contributed by atoms with Gasteiger partial charge in [0.05, 0.1) is 11.8 Å². The fourth-order valence-corrected chi connectivity index (χ4v) is 3.17. The van der Waals surface area contributed by atoms with Crippen LogP contribution in [-0.2, 0) is 0 Å². The van der Waals surface area contributed by atoms with E-state index in [4.69, 9.17) is 10.5 Å². The van der Waals surface area contributed by atoms with E-state index in [2.05, 4.69) is 15.2 Å². The monoisotopic (exact) mass is 276 g/mol. The first-order chi connectivity index (χ1) is 9.61. The topological polar surface area (TPSA) is 63.4 Å². The Morgan fingerprint density at radius 1 is 1.35 bits per heavy atom. The first-order valence-corrected chi connectivity index (χ1v) is 7.54. The molecule has 3 saturated heterocycles. The number of nitrogen functional groups attached to an aromatic ring is 1. The van der Waals surface area contributed by atoms with Gasteiger partial charge in [0.1, 0.15) is 5.82 Å². The van der Waals surface area contributed by atoms with Crippen molar-refractivity contribution in [3.8, 4) is 5.88 Å². The second kappa shape index (κ2) is 5.48. The van der Waals surface area contributed by atoms with E-state index in [0.717, 1.165) is 18.3 Å². The number of pyridine rings is 1. The van der Waals surface area contributed by atoms with Gasteiger partial charge in [-0.05, 0) is 57.8 Å². The summed E-state index contributed by atoms with van der Waals surface area (Å²) in [6, 6.07) is 4.31. The molecule has 3 aliphatic rings. The Hall–Kier alpha value is -1.49. The van der Waals surface area contributed by atoms with Crippen molar-refractivity contribution in [3.05, 3.63) is 12.1 Å². The van der Waals surface area contributed by atoms with Gasteiger partial charge in [0.2, 0.25) is 5.88 Å². The van der Waals surface area contributed by atoms with Crippen molar-refractivity contribution in [1.82, 2.24) is 9.88 Å². The Labute approximate surface area is 120 Å². The van der Waals surface area contributed by atoms with E-state index >= 15 is 0 Å². The molecule has 1 aromatic heterocycles. The van der Waals surface area contributed by atoms with Crippen LogP contribution in [0.4, 0.5) is 11.5 Å². The maximum absolute atomic E-state index is 5.91. The molecule has 110 valence electrons. The number of nitrogens with two attached hydrogens (primary N) is 1. The predicted molar refractivity (Wildman–Crippen MR) is 81.0 cm³/mol. The molecule has 4 heterocycles. The molecule has 2 bridgehead atoms. The number of rotatable bonds is 4. The summed E-state index contributed by atoms with van der Waals surface area (Å²) in [5.74, 6) is 2.17. The highest BCUT2D eigenvalue weighted by atomic mass is 16.5. The van der Waals surface area contributed by atoms with Crippen LogP contribution in [0.25, 0.3) is 0 Å². The number of hydrogen-bond acceptors (Lipinski definition) is 5. The van der Waals surface area contributed by atoms with Crippen molar-refractivity contribution in [3.63, 3.8) is 0 Å². The zero-order chi connectivity index (χ0) is 14.1. The zero-order valence-corrected chi connectivity index (χ0v) is 12.3. The van der Waals surface area contributed by atoms with Crippen molar-refractivity contribution in [2.75, 3.05) is 30.7 Å². The fourth-order valence-electron chi connectivity index (χ4n) is 3.17. The maximum atomic E-state index is 5.91.